The molecule has 28 heavy (non-hydrogen) atoms. The molecule has 0 radical (unpaired) electrons. The van der Waals surface area contributed by atoms with Crippen LogP contribution < -0.4 is 40.6 Å². The third-order valence-corrected chi connectivity index (χ3v) is 4.93. The molecule has 0 fully saturated rings. The number of aromatic hydroxyl groups is 1. The number of nitrogen functional groups attached to an aromatic ring is 1. The van der Waals surface area contributed by atoms with E-state index in [0.29, 0.717) is 5.69 Å². The normalized spacial score (nSPS) is 12.0. The molecule has 0 saturated carbocycles. The van der Waals surface area contributed by atoms with Crippen LogP contribution in [-0.2, 0) is 0 Å². The summed E-state index contributed by atoms with van der Waals surface area (Å²) in [5, 5.41) is 12.7. The molecular weight excluding hydrogens is 387 g/mol. The number of nitrogens with two attached hydrogens (primary N) is 1. The molecule has 0 bridgehead atoms. The van der Waals surface area contributed by atoms with Gasteiger partial charge in [0, 0.05) is 27.8 Å². The summed E-state index contributed by atoms with van der Waals surface area (Å²) in [6.07, 6.45) is 0. The maximum absolute atomic E-state index is 13.1. The number of ketones is 2. The van der Waals surface area contributed by atoms with Gasteiger partial charge in [0.15, 0.2) is 11.6 Å². The summed E-state index contributed by atoms with van der Waals surface area (Å²) in [5.74, 6) is -0.708. The van der Waals surface area contributed by atoms with E-state index in [1.54, 1.807) is 36.4 Å². The number of phenols is 1. The molecule has 0 unspecified atom stereocenters. The fraction of sp³-hybridized carbons (Fsp3) is 0. The van der Waals surface area contributed by atoms with Gasteiger partial charge >= 0.3 is 29.6 Å². The van der Waals surface area contributed by atoms with Crippen LogP contribution >= 0.6 is 12.0 Å². The first-order chi connectivity index (χ1) is 13.0. The molecule has 0 spiro atoms. The maximum atomic E-state index is 13.1. The van der Waals surface area contributed by atoms with Gasteiger partial charge in [0.1, 0.15) is 5.75 Å². The first-order valence-corrected chi connectivity index (χ1v) is 8.76. The average molecular weight is 400 g/mol. The molecule has 3 aromatic carbocycles. The van der Waals surface area contributed by atoms with Crippen LogP contribution in [0.1, 0.15) is 31.8 Å². The molecule has 0 atom stereocenters. The topological polar surface area (TPSA) is 115 Å². The first-order valence-electron chi connectivity index (χ1n) is 8.02. The number of benzene rings is 3. The Labute approximate surface area is 187 Å². The number of rotatable bonds is 3. The second-order valence-corrected chi connectivity index (χ2v) is 6.65. The van der Waals surface area contributed by atoms with Crippen LogP contribution in [0.15, 0.2) is 59.5 Å². The number of carbonyl (C=O) groups excluding carboxylic acids is 2. The summed E-state index contributed by atoms with van der Waals surface area (Å²) in [7, 11) is 0. The molecule has 1 aliphatic rings. The largest absolute Gasteiger partial charge is 1.00 e. The summed E-state index contributed by atoms with van der Waals surface area (Å²) in [4.78, 5) is 26.2. The van der Waals surface area contributed by atoms with E-state index in [2.05, 4.69) is 5.32 Å². The van der Waals surface area contributed by atoms with E-state index in [-0.39, 0.29) is 91.7 Å². The van der Waals surface area contributed by atoms with Gasteiger partial charge in [0.25, 0.3) is 0 Å². The fourth-order valence-electron chi connectivity index (χ4n) is 3.20. The van der Waals surface area contributed by atoms with Crippen molar-refractivity contribution < 1.29 is 48.8 Å². The van der Waals surface area contributed by atoms with Crippen molar-refractivity contribution in [1.82, 2.24) is 0 Å². The molecular formula is C20H13N2NaO4S. The molecule has 0 saturated heterocycles. The Balaban J connectivity index is 0.00000225. The van der Waals surface area contributed by atoms with E-state index >= 15 is 0 Å². The third-order valence-electron chi connectivity index (χ3n) is 4.41. The fourth-order valence-corrected chi connectivity index (χ4v) is 3.56. The minimum Gasteiger partial charge on any atom is -0.795 e. The molecule has 4 rings (SSSR count). The van der Waals surface area contributed by atoms with Crippen molar-refractivity contribution in [3.8, 4) is 5.75 Å². The molecule has 4 N–H and O–H groups in total. The maximum Gasteiger partial charge on any atom is 1.00 e. The summed E-state index contributed by atoms with van der Waals surface area (Å²) in [6.45, 7) is 0. The van der Waals surface area contributed by atoms with Crippen molar-refractivity contribution in [2.75, 3.05) is 11.1 Å². The molecule has 0 aliphatic heterocycles. The Bertz CT molecular complexity index is 1120. The second kappa shape index (κ2) is 7.98. The molecule has 3 aromatic rings. The van der Waals surface area contributed by atoms with Gasteiger partial charge in [0.2, 0.25) is 0 Å². The summed E-state index contributed by atoms with van der Waals surface area (Å²) in [6, 6.07) is 14.3. The zero-order chi connectivity index (χ0) is 19.1. The number of carbonyl (C=O) groups is 2. The molecule has 0 heterocycles. The summed E-state index contributed by atoms with van der Waals surface area (Å²) < 4.78 is 11.5. The van der Waals surface area contributed by atoms with E-state index in [1.807, 2.05) is 0 Å². The van der Waals surface area contributed by atoms with Crippen LogP contribution in [0.2, 0.25) is 0 Å². The van der Waals surface area contributed by atoms with Crippen LogP contribution in [-0.4, -0.2) is 21.2 Å². The molecule has 0 aromatic heterocycles. The van der Waals surface area contributed by atoms with Gasteiger partial charge < -0.3 is 20.7 Å². The number of anilines is 3. The minimum atomic E-state index is -0.396. The van der Waals surface area contributed by atoms with Gasteiger partial charge in [-0.15, -0.1) is 0 Å². The van der Waals surface area contributed by atoms with E-state index in [9.17, 15) is 19.2 Å². The number of hydrogen-bond donors (Lipinski definition) is 3. The minimum absolute atomic E-state index is 0. The van der Waals surface area contributed by atoms with E-state index in [4.69, 9.17) is 5.73 Å². The first kappa shape index (κ1) is 20.4. The molecule has 6 nitrogen and oxygen atoms in total. The second-order valence-electron chi connectivity index (χ2n) is 6.05. The van der Waals surface area contributed by atoms with Crippen molar-refractivity contribution in [3.05, 3.63) is 76.9 Å². The predicted octanol–water partition coefficient (Wildman–Crippen LogP) is 0.720. The molecule has 1 aliphatic carbocycles. The Morgan fingerprint density at radius 1 is 0.929 bits per heavy atom. The van der Waals surface area contributed by atoms with Gasteiger partial charge in [-0.1, -0.05) is 30.3 Å². The van der Waals surface area contributed by atoms with Gasteiger partial charge in [-0.25, -0.2) is 12.0 Å². The van der Waals surface area contributed by atoms with Crippen molar-refractivity contribution >= 4 is 40.7 Å². The molecule has 134 valence electrons. The quantitative estimate of drug-likeness (QED) is 0.264. The summed E-state index contributed by atoms with van der Waals surface area (Å²) >= 11 is 0.153. The standard InChI is InChI=1S/C20H14N2O4S.Na/c21-18-15(27-26)9-14(22-10-4-3-5-11(23)8-10)16-17(18)20(25)13-7-2-1-6-12(13)19(16)24;/h1-9,22-23,26H,21H2;/q;+1/p-1. The van der Waals surface area contributed by atoms with Crippen molar-refractivity contribution in [2.45, 2.75) is 4.90 Å². The Hall–Kier alpha value is -2.29. The van der Waals surface area contributed by atoms with Crippen molar-refractivity contribution in [2.24, 2.45) is 0 Å². The van der Waals surface area contributed by atoms with Gasteiger partial charge in [0.05, 0.1) is 22.5 Å². The van der Waals surface area contributed by atoms with Crippen LogP contribution in [0.5, 0.6) is 5.75 Å². The third kappa shape index (κ3) is 3.32. The van der Waals surface area contributed by atoms with Crippen molar-refractivity contribution in [3.63, 3.8) is 0 Å². The van der Waals surface area contributed by atoms with Crippen LogP contribution in [0.4, 0.5) is 17.1 Å². The van der Waals surface area contributed by atoms with E-state index in [1.165, 1.54) is 18.2 Å². The Morgan fingerprint density at radius 3 is 2.18 bits per heavy atom. The Kier molecular flexibility index (Phi) is 5.83. The number of nitrogens with one attached hydrogen (secondary N) is 1. The number of fused-ring (bicyclic) bond motifs is 2. The molecule has 0 amide bonds. The monoisotopic (exact) mass is 400 g/mol. The zero-order valence-electron chi connectivity index (χ0n) is 14.9. The van der Waals surface area contributed by atoms with Crippen LogP contribution in [0.3, 0.4) is 0 Å². The average Bonchev–Trinajstić information content (AvgIpc) is 2.67. The van der Waals surface area contributed by atoms with Gasteiger partial charge in [-0.2, -0.15) is 0 Å². The van der Waals surface area contributed by atoms with E-state index in [0.717, 1.165) is 0 Å². The van der Waals surface area contributed by atoms with Gasteiger partial charge in [-0.3, -0.25) is 9.59 Å². The molecule has 8 heteroatoms. The predicted molar refractivity (Wildman–Crippen MR) is 102 cm³/mol. The van der Waals surface area contributed by atoms with Crippen LogP contribution in [0.25, 0.3) is 0 Å². The van der Waals surface area contributed by atoms with Crippen molar-refractivity contribution in [1.29, 1.82) is 0 Å². The smallest absolute Gasteiger partial charge is 0.795 e. The number of hydrogen-bond acceptors (Lipinski definition) is 7. The zero-order valence-corrected chi connectivity index (χ0v) is 17.7. The van der Waals surface area contributed by atoms with E-state index < -0.39 is 5.78 Å². The SMILES string of the molecule is Nc1c(S[O-])cc(Nc2cccc(O)c2)c2c1C(=O)c1ccccc1C2=O.[Na+]. The summed E-state index contributed by atoms with van der Waals surface area (Å²) in [5.41, 5.74) is 7.54. The Morgan fingerprint density at radius 2 is 1.57 bits per heavy atom. The number of phenolic OH excluding ortho intramolecular Hbond substituents is 1. The van der Waals surface area contributed by atoms with Gasteiger partial charge in [-0.05, 0) is 18.2 Å². The van der Waals surface area contributed by atoms with Crippen LogP contribution in [0, 0.1) is 0 Å².